The van der Waals surface area contributed by atoms with Gasteiger partial charge in [-0.2, -0.15) is 0 Å². The third kappa shape index (κ3) is 17.1. The van der Waals surface area contributed by atoms with Crippen molar-refractivity contribution in [3.05, 3.63) is 71.3 Å². The zero-order chi connectivity index (χ0) is 41.6. The number of benzene rings is 3. The van der Waals surface area contributed by atoms with Gasteiger partial charge in [0.25, 0.3) is 10.0 Å². The highest BCUT2D eigenvalue weighted by Gasteiger charge is 2.27. The van der Waals surface area contributed by atoms with Crippen molar-refractivity contribution in [3.8, 4) is 5.75 Å². The van der Waals surface area contributed by atoms with E-state index in [-0.39, 0.29) is 23.7 Å². The zero-order valence-corrected chi connectivity index (χ0v) is 37.7. The lowest BCUT2D eigenvalue weighted by molar-refractivity contribution is -0.116. The van der Waals surface area contributed by atoms with Gasteiger partial charge < -0.3 is 15.4 Å². The highest BCUT2D eigenvalue weighted by molar-refractivity contribution is 7.92. The first-order valence-corrected chi connectivity index (χ1v) is 24.0. The molecule has 3 aromatic carbocycles. The number of sulfonamides is 1. The molecule has 3 aromatic rings. The summed E-state index contributed by atoms with van der Waals surface area (Å²) >= 11 is 0. The summed E-state index contributed by atoms with van der Waals surface area (Å²) in [6, 6.07) is 17.2. The Hall–Kier alpha value is -3.52. The van der Waals surface area contributed by atoms with E-state index in [2.05, 4.69) is 43.1 Å². The van der Waals surface area contributed by atoms with E-state index in [1.54, 1.807) is 12.1 Å². The Morgan fingerprint density at radius 3 is 1.58 bits per heavy atom. The van der Waals surface area contributed by atoms with Gasteiger partial charge in [0.2, 0.25) is 5.91 Å². The first-order valence-electron chi connectivity index (χ1n) is 22.5. The van der Waals surface area contributed by atoms with E-state index in [4.69, 9.17) is 4.74 Å². The van der Waals surface area contributed by atoms with Gasteiger partial charge in [-0.05, 0) is 89.8 Å². The van der Waals surface area contributed by atoms with Crippen molar-refractivity contribution in [2.45, 2.75) is 194 Å². The van der Waals surface area contributed by atoms with Crippen LogP contribution in [0.2, 0.25) is 0 Å². The van der Waals surface area contributed by atoms with Crippen LogP contribution in [0.3, 0.4) is 0 Å². The van der Waals surface area contributed by atoms with Gasteiger partial charge in [0.05, 0.1) is 28.6 Å². The van der Waals surface area contributed by atoms with Crippen LogP contribution in [0.1, 0.15) is 205 Å². The molecule has 318 valence electrons. The highest BCUT2D eigenvalue weighted by atomic mass is 32.2. The smallest absolute Gasteiger partial charge is 0.262 e. The van der Waals surface area contributed by atoms with Crippen LogP contribution in [-0.2, 0) is 14.8 Å². The molecular weight excluding hydrogens is 727 g/mol. The Labute approximate surface area is 348 Å². The van der Waals surface area contributed by atoms with Crippen molar-refractivity contribution in [1.29, 1.82) is 0 Å². The van der Waals surface area contributed by atoms with Crippen molar-refractivity contribution >= 4 is 38.7 Å². The van der Waals surface area contributed by atoms with Gasteiger partial charge in [0.1, 0.15) is 5.75 Å². The van der Waals surface area contributed by atoms with E-state index in [0.29, 0.717) is 35.0 Å². The molecule has 7 nitrogen and oxygen atoms in total. The number of hydrogen-bond acceptors (Lipinski definition) is 5. The number of anilines is 4. The molecule has 0 fully saturated rings. The summed E-state index contributed by atoms with van der Waals surface area (Å²) in [6.45, 7) is 17.6. The lowest BCUT2D eigenvalue weighted by Crippen LogP contribution is -2.19. The molecule has 3 N–H and O–H groups in total. The first kappa shape index (κ1) is 47.9. The number of nitrogens with one attached hydrogen (secondary N) is 3. The maximum Gasteiger partial charge on any atom is 0.262 e. The van der Waals surface area contributed by atoms with E-state index in [1.807, 2.05) is 70.2 Å². The van der Waals surface area contributed by atoms with Crippen LogP contribution in [0.25, 0.3) is 0 Å². The molecule has 8 heteroatoms. The predicted molar refractivity (Wildman–Crippen MR) is 244 cm³/mol. The van der Waals surface area contributed by atoms with Crippen LogP contribution in [0.5, 0.6) is 5.75 Å². The number of rotatable bonds is 29. The van der Waals surface area contributed by atoms with Crippen LogP contribution in [-0.4, -0.2) is 20.9 Å². The fraction of sp³-hybridized carbons (Fsp3) is 0.612. The fourth-order valence-corrected chi connectivity index (χ4v) is 9.00. The van der Waals surface area contributed by atoms with E-state index >= 15 is 0 Å². The minimum Gasteiger partial charge on any atom is -0.494 e. The molecule has 0 aromatic heterocycles. The van der Waals surface area contributed by atoms with E-state index < -0.39 is 10.0 Å². The molecule has 0 atom stereocenters. The molecule has 0 aliphatic carbocycles. The largest absolute Gasteiger partial charge is 0.494 e. The predicted octanol–water partition coefficient (Wildman–Crippen LogP) is 15.0. The van der Waals surface area contributed by atoms with E-state index in [0.717, 1.165) is 53.8 Å². The van der Waals surface area contributed by atoms with Crippen molar-refractivity contribution in [3.63, 3.8) is 0 Å². The van der Waals surface area contributed by atoms with Crippen molar-refractivity contribution < 1.29 is 17.9 Å². The third-order valence-corrected chi connectivity index (χ3v) is 12.3. The molecule has 0 aliphatic heterocycles. The maximum atomic E-state index is 14.3. The van der Waals surface area contributed by atoms with Crippen molar-refractivity contribution in [2.24, 2.45) is 0 Å². The lowest BCUT2D eigenvalue weighted by atomic mass is 9.89. The van der Waals surface area contributed by atoms with Gasteiger partial charge in [-0.15, -0.1) is 0 Å². The minimum atomic E-state index is -3.97. The Balaban J connectivity index is 1.74. The fourth-order valence-electron chi connectivity index (χ4n) is 7.25. The topological polar surface area (TPSA) is 96.5 Å². The molecule has 57 heavy (non-hydrogen) atoms. The average Bonchev–Trinajstić information content (AvgIpc) is 3.17. The molecule has 3 rings (SSSR count). The number of ether oxygens (including phenoxy) is 1. The summed E-state index contributed by atoms with van der Waals surface area (Å²) in [5, 5.41) is 6.56. The molecule has 0 heterocycles. The summed E-state index contributed by atoms with van der Waals surface area (Å²) in [6.07, 6.45) is 21.3. The molecular formula is C49H77N3O4S. The van der Waals surface area contributed by atoms with Crippen molar-refractivity contribution in [2.75, 3.05) is 22.0 Å². The van der Waals surface area contributed by atoms with E-state index in [9.17, 15) is 13.2 Å². The maximum absolute atomic E-state index is 14.3. The first-order chi connectivity index (χ1) is 27.4. The second-order valence-corrected chi connectivity index (χ2v) is 18.6. The SMILES string of the molecule is CCCCCCCCCCCCCCCC(=O)Nc1cc(NS(=O)(=O)c2c(C(C)C)cc(C(C)C)cc2C(C)C)ccc1Nc1ccc(OCCCCCC)cc1. The Kier molecular flexibility index (Phi) is 21.6. The standard InChI is InChI=1S/C49H77N3O4S/c1-9-11-13-15-16-17-18-19-20-21-22-23-24-26-48(53)51-47-36-42(29-32-46(47)50-41-27-30-43(31-28-41)56-33-25-14-12-10-2)52-57(54,55)49-44(38(5)6)34-40(37(3)4)35-45(49)39(7)8/h27-32,34-39,50,52H,9-26,33H2,1-8H3,(H,51,53). The summed E-state index contributed by atoms with van der Waals surface area (Å²) < 4.78 is 37.5. The summed E-state index contributed by atoms with van der Waals surface area (Å²) in [5.74, 6) is 1.03. The van der Waals surface area contributed by atoms with Gasteiger partial charge in [-0.3, -0.25) is 9.52 Å². The van der Waals surface area contributed by atoms with Gasteiger partial charge in [-0.1, -0.05) is 164 Å². The normalized spacial score (nSPS) is 11.8. The number of hydrogen-bond donors (Lipinski definition) is 3. The van der Waals surface area contributed by atoms with Crippen LogP contribution in [0.4, 0.5) is 22.7 Å². The van der Waals surface area contributed by atoms with E-state index in [1.165, 1.54) is 83.5 Å². The third-order valence-electron chi connectivity index (χ3n) is 10.8. The lowest BCUT2D eigenvalue weighted by Gasteiger charge is -2.23. The average molecular weight is 804 g/mol. The summed E-state index contributed by atoms with van der Waals surface area (Å²) in [7, 11) is -3.97. The van der Waals surface area contributed by atoms with Crippen LogP contribution >= 0.6 is 0 Å². The summed E-state index contributed by atoms with van der Waals surface area (Å²) in [5.41, 5.74) is 5.19. The quantitative estimate of drug-likeness (QED) is 0.0607. The van der Waals surface area contributed by atoms with Crippen molar-refractivity contribution in [1.82, 2.24) is 0 Å². The molecule has 0 aliphatic rings. The van der Waals surface area contributed by atoms with Crippen LogP contribution < -0.4 is 20.1 Å². The second-order valence-electron chi connectivity index (χ2n) is 17.0. The molecule has 0 saturated carbocycles. The number of carbonyl (C=O) groups is 1. The minimum absolute atomic E-state index is 0.0113. The Morgan fingerprint density at radius 2 is 1.07 bits per heavy atom. The molecule has 1 amide bonds. The monoisotopic (exact) mass is 804 g/mol. The number of unbranched alkanes of at least 4 members (excludes halogenated alkanes) is 15. The van der Waals surface area contributed by atoms with Crippen LogP contribution in [0.15, 0.2) is 59.5 Å². The Morgan fingerprint density at radius 1 is 0.579 bits per heavy atom. The molecule has 0 unspecified atom stereocenters. The number of amides is 1. The Bertz CT molecular complexity index is 1690. The highest BCUT2D eigenvalue weighted by Crippen LogP contribution is 2.37. The van der Waals surface area contributed by atoms with Gasteiger partial charge in [-0.25, -0.2) is 8.42 Å². The molecule has 0 spiro atoms. The van der Waals surface area contributed by atoms with Gasteiger partial charge in [0, 0.05) is 12.1 Å². The second kappa shape index (κ2) is 25.8. The molecule has 0 saturated heterocycles. The summed E-state index contributed by atoms with van der Waals surface area (Å²) in [4.78, 5) is 13.7. The molecule has 0 bridgehead atoms. The van der Waals surface area contributed by atoms with Gasteiger partial charge in [0.15, 0.2) is 0 Å². The van der Waals surface area contributed by atoms with Crippen LogP contribution in [0, 0.1) is 0 Å². The van der Waals surface area contributed by atoms with Gasteiger partial charge >= 0.3 is 0 Å². The molecule has 0 radical (unpaired) electrons. The number of carbonyl (C=O) groups excluding carboxylic acids is 1. The zero-order valence-electron chi connectivity index (χ0n) is 36.9.